The summed E-state index contributed by atoms with van der Waals surface area (Å²) in [6.45, 7) is 2.61. The molecule has 13 heteroatoms. The maximum atomic E-state index is 13.9. The maximum Gasteiger partial charge on any atom is 0.417 e. The number of sulfonamides is 1. The number of nitrogens with one attached hydrogen (secondary N) is 1. The lowest BCUT2D eigenvalue weighted by Crippen LogP contribution is -2.52. The minimum absolute atomic E-state index is 0.151. The minimum atomic E-state index is -4.89. The molecule has 0 heterocycles. The van der Waals surface area contributed by atoms with E-state index in [1.54, 1.807) is 44.2 Å². The van der Waals surface area contributed by atoms with Crippen LogP contribution >= 0.6 is 23.2 Å². The summed E-state index contributed by atoms with van der Waals surface area (Å²) in [7, 11) is -4.55. The summed E-state index contributed by atoms with van der Waals surface area (Å²) >= 11 is 12.1. The molecule has 0 aliphatic heterocycles. The van der Waals surface area contributed by atoms with E-state index in [9.17, 15) is 31.2 Å². The molecule has 220 valence electrons. The van der Waals surface area contributed by atoms with Gasteiger partial charge in [0.1, 0.15) is 12.6 Å². The van der Waals surface area contributed by atoms with Gasteiger partial charge in [0.25, 0.3) is 10.0 Å². The van der Waals surface area contributed by atoms with Crippen LogP contribution in [0.15, 0.2) is 77.7 Å². The van der Waals surface area contributed by atoms with E-state index < -0.39 is 56.9 Å². The van der Waals surface area contributed by atoms with E-state index >= 15 is 0 Å². The largest absolute Gasteiger partial charge is 0.417 e. The van der Waals surface area contributed by atoms with E-state index in [-0.39, 0.29) is 24.4 Å². The number of nitrogens with zero attached hydrogens (tertiary/aromatic N) is 2. The Balaban J connectivity index is 2.15. The van der Waals surface area contributed by atoms with Crippen LogP contribution in [0.4, 0.5) is 18.9 Å². The molecule has 0 spiro atoms. The van der Waals surface area contributed by atoms with E-state index in [1.807, 2.05) is 0 Å². The third kappa shape index (κ3) is 7.72. The number of carbonyl (C=O) groups excluding carboxylic acids is 2. The third-order valence-corrected chi connectivity index (χ3v) is 8.68. The van der Waals surface area contributed by atoms with Gasteiger partial charge in [-0.3, -0.25) is 13.9 Å². The zero-order valence-electron chi connectivity index (χ0n) is 22.2. The number of hydrogen-bond donors (Lipinski definition) is 1. The summed E-state index contributed by atoms with van der Waals surface area (Å²) in [4.78, 5) is 27.8. The Kier molecular flexibility index (Phi) is 10.7. The number of alkyl halides is 3. The van der Waals surface area contributed by atoms with Crippen LogP contribution in [0, 0.1) is 0 Å². The predicted molar refractivity (Wildman–Crippen MR) is 152 cm³/mol. The molecule has 0 bridgehead atoms. The highest BCUT2D eigenvalue weighted by Gasteiger charge is 2.37. The van der Waals surface area contributed by atoms with Gasteiger partial charge in [0.15, 0.2) is 0 Å². The number of benzene rings is 3. The molecule has 0 unspecified atom stereocenters. The van der Waals surface area contributed by atoms with E-state index in [0.29, 0.717) is 21.0 Å². The molecule has 0 fully saturated rings. The molecule has 1 N–H and O–H groups in total. The topological polar surface area (TPSA) is 86.8 Å². The summed E-state index contributed by atoms with van der Waals surface area (Å²) in [6, 6.07) is 15.2. The van der Waals surface area contributed by atoms with Crippen LogP contribution in [0.5, 0.6) is 0 Å². The minimum Gasteiger partial charge on any atom is -0.355 e. The van der Waals surface area contributed by atoms with Crippen molar-refractivity contribution < 1.29 is 31.2 Å². The molecule has 0 aromatic heterocycles. The van der Waals surface area contributed by atoms with Gasteiger partial charge in [-0.25, -0.2) is 8.42 Å². The first-order valence-corrected chi connectivity index (χ1v) is 14.8. The lowest BCUT2D eigenvalue weighted by molar-refractivity contribution is -0.140. The van der Waals surface area contributed by atoms with Crippen LogP contribution in [0.3, 0.4) is 0 Å². The maximum absolute atomic E-state index is 13.9. The van der Waals surface area contributed by atoms with Gasteiger partial charge in [-0.1, -0.05) is 66.5 Å². The number of halogens is 5. The van der Waals surface area contributed by atoms with Crippen LogP contribution in [-0.4, -0.2) is 44.3 Å². The van der Waals surface area contributed by atoms with Crippen LogP contribution in [0.2, 0.25) is 10.0 Å². The number of amides is 2. The first-order valence-electron chi connectivity index (χ1n) is 12.6. The van der Waals surface area contributed by atoms with Crippen LogP contribution in [0.1, 0.15) is 31.4 Å². The molecule has 0 saturated carbocycles. The molecule has 1 atom stereocenters. The van der Waals surface area contributed by atoms with Crippen molar-refractivity contribution in [3.05, 3.63) is 94.0 Å². The molecule has 0 aliphatic carbocycles. The second kappa shape index (κ2) is 13.6. The normalized spacial score (nSPS) is 12.5. The fourth-order valence-corrected chi connectivity index (χ4v) is 6.00. The molecule has 0 saturated heterocycles. The number of rotatable bonds is 11. The van der Waals surface area contributed by atoms with Crippen LogP contribution in [0.25, 0.3) is 0 Å². The first-order chi connectivity index (χ1) is 19.3. The Hall–Kier alpha value is -3.28. The van der Waals surface area contributed by atoms with E-state index in [1.165, 1.54) is 29.2 Å². The van der Waals surface area contributed by atoms with Gasteiger partial charge in [0.05, 0.1) is 21.2 Å². The van der Waals surface area contributed by atoms with Crippen LogP contribution < -0.4 is 9.62 Å². The Morgan fingerprint density at radius 2 is 1.56 bits per heavy atom. The van der Waals surface area contributed by atoms with Crippen molar-refractivity contribution in [3.8, 4) is 0 Å². The lowest BCUT2D eigenvalue weighted by Gasteiger charge is -2.33. The van der Waals surface area contributed by atoms with E-state index in [4.69, 9.17) is 23.2 Å². The Bertz CT molecular complexity index is 1490. The standard InChI is InChI=1S/C28H28Cl2F3N3O4S/c1-3-25(27(38)34-4-2)35(17-19-10-8-9-13-23(19)29)26(37)18-36(41(39,40)21-11-6-5-7-12-21)20-14-15-24(30)22(16-20)28(31,32)33/h5-16,25H,3-4,17-18H2,1-2H3,(H,34,38)/t25-/m1/s1. The quantitative estimate of drug-likeness (QED) is 0.276. The molecule has 7 nitrogen and oxygen atoms in total. The smallest absolute Gasteiger partial charge is 0.355 e. The number of likely N-dealkylation sites (N-methyl/N-ethyl adjacent to an activating group) is 1. The van der Waals surface area contributed by atoms with Crippen molar-refractivity contribution in [1.82, 2.24) is 10.2 Å². The SMILES string of the molecule is CCNC(=O)[C@@H](CC)N(Cc1ccccc1Cl)C(=O)CN(c1ccc(Cl)c(C(F)(F)F)c1)S(=O)(=O)c1ccccc1. The summed E-state index contributed by atoms with van der Waals surface area (Å²) < 4.78 is 69.2. The van der Waals surface area contributed by atoms with E-state index in [2.05, 4.69) is 5.32 Å². The van der Waals surface area contributed by atoms with Crippen molar-refractivity contribution >= 4 is 50.7 Å². The zero-order valence-corrected chi connectivity index (χ0v) is 24.5. The fraction of sp³-hybridized carbons (Fsp3) is 0.286. The third-order valence-electron chi connectivity index (χ3n) is 6.19. The summed E-state index contributed by atoms with van der Waals surface area (Å²) in [5.74, 6) is -1.30. The highest BCUT2D eigenvalue weighted by Crippen LogP contribution is 2.38. The molecule has 2 amide bonds. The molecular weight excluding hydrogens is 602 g/mol. The van der Waals surface area contributed by atoms with Crippen molar-refractivity contribution in [2.24, 2.45) is 0 Å². The molecule has 3 aromatic rings. The average Bonchev–Trinajstić information content (AvgIpc) is 2.93. The van der Waals surface area contributed by atoms with Gasteiger partial charge in [-0.2, -0.15) is 13.2 Å². The zero-order chi connectivity index (χ0) is 30.4. The van der Waals surface area contributed by atoms with Gasteiger partial charge < -0.3 is 10.2 Å². The highest BCUT2D eigenvalue weighted by molar-refractivity contribution is 7.92. The highest BCUT2D eigenvalue weighted by atomic mass is 35.5. The Morgan fingerprint density at radius 3 is 2.15 bits per heavy atom. The Morgan fingerprint density at radius 1 is 0.927 bits per heavy atom. The number of carbonyl (C=O) groups is 2. The van der Waals surface area contributed by atoms with Gasteiger partial charge in [-0.15, -0.1) is 0 Å². The van der Waals surface area contributed by atoms with Crippen molar-refractivity contribution in [2.75, 3.05) is 17.4 Å². The fourth-order valence-electron chi connectivity index (χ4n) is 4.16. The van der Waals surface area contributed by atoms with E-state index in [0.717, 1.165) is 12.1 Å². The number of anilines is 1. The van der Waals surface area contributed by atoms with Gasteiger partial charge >= 0.3 is 6.18 Å². The van der Waals surface area contributed by atoms with Gasteiger partial charge in [-0.05, 0) is 55.3 Å². The molecule has 3 aromatic carbocycles. The summed E-state index contributed by atoms with van der Waals surface area (Å²) in [6.07, 6.45) is -4.71. The van der Waals surface area contributed by atoms with Crippen molar-refractivity contribution in [3.63, 3.8) is 0 Å². The van der Waals surface area contributed by atoms with Crippen LogP contribution in [-0.2, 0) is 32.3 Å². The average molecular weight is 631 g/mol. The summed E-state index contributed by atoms with van der Waals surface area (Å²) in [5, 5.41) is 2.35. The van der Waals surface area contributed by atoms with Gasteiger partial charge in [0.2, 0.25) is 11.8 Å². The van der Waals surface area contributed by atoms with Crippen molar-refractivity contribution in [2.45, 2.75) is 43.9 Å². The second-order valence-corrected chi connectivity index (χ2v) is 11.6. The predicted octanol–water partition coefficient (Wildman–Crippen LogP) is 6.15. The molecule has 0 aliphatic rings. The van der Waals surface area contributed by atoms with Crippen molar-refractivity contribution in [1.29, 1.82) is 0 Å². The lowest BCUT2D eigenvalue weighted by atomic mass is 10.1. The number of hydrogen-bond acceptors (Lipinski definition) is 4. The molecule has 0 radical (unpaired) electrons. The molecular formula is C28H28Cl2F3N3O4S. The molecule has 3 rings (SSSR count). The second-order valence-electron chi connectivity index (χ2n) is 8.92. The first kappa shape index (κ1) is 32.2. The summed E-state index contributed by atoms with van der Waals surface area (Å²) in [5.41, 5.74) is -1.20. The monoisotopic (exact) mass is 629 g/mol. The van der Waals surface area contributed by atoms with Gasteiger partial charge in [0, 0.05) is 18.1 Å². The Labute approximate surface area is 246 Å². The molecule has 41 heavy (non-hydrogen) atoms.